The van der Waals surface area contributed by atoms with Crippen LogP contribution in [-0.2, 0) is 13.0 Å². The van der Waals surface area contributed by atoms with Crippen molar-refractivity contribution in [2.75, 3.05) is 0 Å². The van der Waals surface area contributed by atoms with Gasteiger partial charge in [-0.2, -0.15) is 0 Å². The number of benzene rings is 2. The molecule has 2 aromatic carbocycles. The Morgan fingerprint density at radius 2 is 1.80 bits per heavy atom. The first-order valence-corrected chi connectivity index (χ1v) is 6.82. The van der Waals surface area contributed by atoms with Gasteiger partial charge in [-0.1, -0.05) is 42.8 Å². The highest BCUT2D eigenvalue weighted by atomic mass is 35.5. The molecule has 104 valence electrons. The normalized spacial score (nSPS) is 10.3. The predicted octanol–water partition coefficient (Wildman–Crippen LogP) is 3.77. The first-order valence-electron chi connectivity index (χ1n) is 6.44. The van der Waals surface area contributed by atoms with E-state index in [2.05, 4.69) is 31.2 Å². The zero-order valence-electron chi connectivity index (χ0n) is 11.3. The summed E-state index contributed by atoms with van der Waals surface area (Å²) in [5.74, 6) is 0.622. The lowest BCUT2D eigenvalue weighted by molar-refractivity contribution is 0.306. The van der Waals surface area contributed by atoms with Crippen molar-refractivity contribution >= 4 is 17.4 Å². The summed E-state index contributed by atoms with van der Waals surface area (Å²) in [6, 6.07) is 13.5. The quantitative estimate of drug-likeness (QED) is 0.650. The number of rotatable bonds is 5. The highest BCUT2D eigenvalue weighted by Gasteiger charge is 2.05. The lowest BCUT2D eigenvalue weighted by Gasteiger charge is -2.09. The number of halogens is 1. The predicted molar refractivity (Wildman–Crippen MR) is 82.6 cm³/mol. The minimum atomic E-state index is -0.0447. The second kappa shape index (κ2) is 6.44. The molecular weight excluding hydrogens is 272 g/mol. The van der Waals surface area contributed by atoms with E-state index in [1.165, 1.54) is 5.56 Å². The fourth-order valence-corrected chi connectivity index (χ4v) is 2.11. The molecule has 0 aliphatic carbocycles. The van der Waals surface area contributed by atoms with Crippen molar-refractivity contribution in [2.24, 2.45) is 5.73 Å². The summed E-state index contributed by atoms with van der Waals surface area (Å²) in [4.78, 5) is 0. The molecule has 0 radical (unpaired) electrons. The smallest absolute Gasteiger partial charge is 0.124 e. The SMILES string of the molecule is CCc1ccc(COc2ccc(C(=N)N)c(Cl)c2)cc1. The lowest BCUT2D eigenvalue weighted by Crippen LogP contribution is -2.11. The van der Waals surface area contributed by atoms with Gasteiger partial charge in [-0.15, -0.1) is 0 Å². The monoisotopic (exact) mass is 288 g/mol. The van der Waals surface area contributed by atoms with Gasteiger partial charge in [0.1, 0.15) is 18.2 Å². The third kappa shape index (κ3) is 3.52. The van der Waals surface area contributed by atoms with Crippen molar-refractivity contribution in [1.29, 1.82) is 5.41 Å². The van der Waals surface area contributed by atoms with Crippen LogP contribution < -0.4 is 10.5 Å². The molecule has 0 spiro atoms. The molecule has 0 saturated carbocycles. The first kappa shape index (κ1) is 14.4. The number of hydrogen-bond acceptors (Lipinski definition) is 2. The zero-order valence-corrected chi connectivity index (χ0v) is 12.1. The van der Waals surface area contributed by atoms with E-state index in [4.69, 9.17) is 27.5 Å². The molecule has 0 amide bonds. The van der Waals surface area contributed by atoms with Crippen molar-refractivity contribution in [3.05, 3.63) is 64.2 Å². The highest BCUT2D eigenvalue weighted by molar-refractivity contribution is 6.34. The van der Waals surface area contributed by atoms with E-state index in [9.17, 15) is 0 Å². The van der Waals surface area contributed by atoms with Gasteiger partial charge in [-0.25, -0.2) is 0 Å². The van der Waals surface area contributed by atoms with Gasteiger partial charge < -0.3 is 10.5 Å². The van der Waals surface area contributed by atoms with Crippen LogP contribution >= 0.6 is 11.6 Å². The van der Waals surface area contributed by atoms with E-state index in [1.807, 2.05) is 0 Å². The maximum Gasteiger partial charge on any atom is 0.124 e. The number of amidine groups is 1. The van der Waals surface area contributed by atoms with Crippen LogP contribution in [0, 0.1) is 5.41 Å². The molecule has 0 saturated heterocycles. The summed E-state index contributed by atoms with van der Waals surface area (Å²) in [5.41, 5.74) is 8.35. The molecule has 0 unspecified atom stereocenters. The van der Waals surface area contributed by atoms with Crippen LogP contribution in [0.3, 0.4) is 0 Å². The van der Waals surface area contributed by atoms with Gasteiger partial charge in [0.25, 0.3) is 0 Å². The fourth-order valence-electron chi connectivity index (χ4n) is 1.84. The Balaban J connectivity index is 2.03. The van der Waals surface area contributed by atoms with E-state index in [1.54, 1.807) is 18.2 Å². The first-order chi connectivity index (χ1) is 9.60. The topological polar surface area (TPSA) is 59.1 Å². The van der Waals surface area contributed by atoms with Crippen LogP contribution in [-0.4, -0.2) is 5.84 Å². The van der Waals surface area contributed by atoms with Gasteiger partial charge >= 0.3 is 0 Å². The van der Waals surface area contributed by atoms with Gasteiger partial charge in [0.15, 0.2) is 0 Å². The average Bonchev–Trinajstić information content (AvgIpc) is 2.45. The van der Waals surface area contributed by atoms with Crippen LogP contribution in [0.15, 0.2) is 42.5 Å². The van der Waals surface area contributed by atoms with Crippen molar-refractivity contribution in [3.8, 4) is 5.75 Å². The molecule has 4 heteroatoms. The van der Waals surface area contributed by atoms with E-state index < -0.39 is 0 Å². The highest BCUT2D eigenvalue weighted by Crippen LogP contribution is 2.23. The van der Waals surface area contributed by atoms with Gasteiger partial charge in [0.05, 0.1) is 5.02 Å². The van der Waals surface area contributed by atoms with Crippen molar-refractivity contribution in [2.45, 2.75) is 20.0 Å². The summed E-state index contributed by atoms with van der Waals surface area (Å²) in [6.45, 7) is 2.61. The van der Waals surface area contributed by atoms with E-state index >= 15 is 0 Å². The standard InChI is InChI=1S/C16H17ClN2O/c1-2-11-3-5-12(6-4-11)10-20-13-7-8-14(16(18)19)15(17)9-13/h3-9H,2,10H2,1H3,(H3,18,19). The summed E-state index contributed by atoms with van der Waals surface area (Å²) >= 11 is 6.04. The molecule has 0 fully saturated rings. The summed E-state index contributed by atoms with van der Waals surface area (Å²) in [5, 5.41) is 7.80. The van der Waals surface area contributed by atoms with Gasteiger partial charge in [0.2, 0.25) is 0 Å². The van der Waals surface area contributed by atoms with Crippen molar-refractivity contribution in [1.82, 2.24) is 0 Å². The molecule has 2 rings (SSSR count). The molecule has 2 aromatic rings. The van der Waals surface area contributed by atoms with Crippen LogP contribution in [0.5, 0.6) is 5.75 Å². The van der Waals surface area contributed by atoms with Crippen LogP contribution in [0.25, 0.3) is 0 Å². The number of ether oxygens (including phenoxy) is 1. The average molecular weight is 289 g/mol. The fraction of sp³-hybridized carbons (Fsp3) is 0.188. The Kier molecular flexibility index (Phi) is 4.64. The molecule has 0 heterocycles. The van der Waals surface area contributed by atoms with Crippen LogP contribution in [0.4, 0.5) is 0 Å². The largest absolute Gasteiger partial charge is 0.489 e. The Morgan fingerprint density at radius 1 is 1.15 bits per heavy atom. The van der Waals surface area contributed by atoms with Crippen LogP contribution in [0.1, 0.15) is 23.6 Å². The Labute approximate surface area is 123 Å². The van der Waals surface area contributed by atoms with Gasteiger partial charge in [-0.3, -0.25) is 5.41 Å². The molecule has 20 heavy (non-hydrogen) atoms. The number of nitrogen functional groups attached to an aromatic ring is 1. The zero-order chi connectivity index (χ0) is 14.5. The molecule has 0 aliphatic rings. The third-order valence-corrected chi connectivity index (χ3v) is 3.38. The molecule has 0 atom stereocenters. The van der Waals surface area contributed by atoms with Crippen molar-refractivity contribution in [3.63, 3.8) is 0 Å². The molecule has 3 nitrogen and oxygen atoms in total. The molecule has 3 N–H and O–H groups in total. The van der Waals surface area contributed by atoms with E-state index in [0.717, 1.165) is 12.0 Å². The summed E-state index contributed by atoms with van der Waals surface area (Å²) in [7, 11) is 0. The van der Waals surface area contributed by atoms with Gasteiger partial charge in [-0.05, 0) is 35.7 Å². The van der Waals surface area contributed by atoms with E-state index in [0.29, 0.717) is 22.9 Å². The number of nitrogens with two attached hydrogens (primary N) is 1. The minimum absolute atomic E-state index is 0.0447. The van der Waals surface area contributed by atoms with Crippen LogP contribution in [0.2, 0.25) is 5.02 Å². The Hall–Kier alpha value is -2.00. The maximum absolute atomic E-state index is 7.37. The second-order valence-corrected chi connectivity index (χ2v) is 4.92. The van der Waals surface area contributed by atoms with Gasteiger partial charge in [0, 0.05) is 5.56 Å². The maximum atomic E-state index is 7.37. The molecule has 0 aliphatic heterocycles. The third-order valence-electron chi connectivity index (χ3n) is 3.07. The van der Waals surface area contributed by atoms with Crippen molar-refractivity contribution < 1.29 is 4.74 Å². The second-order valence-electron chi connectivity index (χ2n) is 4.51. The molecule has 0 bridgehead atoms. The van der Waals surface area contributed by atoms with E-state index in [-0.39, 0.29) is 5.84 Å². The lowest BCUT2D eigenvalue weighted by atomic mass is 10.1. The minimum Gasteiger partial charge on any atom is -0.489 e. The summed E-state index contributed by atoms with van der Waals surface area (Å²) < 4.78 is 5.69. The summed E-state index contributed by atoms with van der Waals surface area (Å²) in [6.07, 6.45) is 1.03. The number of aryl methyl sites for hydroxylation is 1. The number of hydrogen-bond donors (Lipinski definition) is 2. The Bertz CT molecular complexity index is 608. The molecular formula is C16H17ClN2O. The number of nitrogens with one attached hydrogen (secondary N) is 1. The Morgan fingerprint density at radius 3 is 2.35 bits per heavy atom. The molecule has 0 aromatic heterocycles.